The molecule has 5 rings (SSSR count). The lowest BCUT2D eigenvalue weighted by atomic mass is 10.0. The van der Waals surface area contributed by atoms with E-state index in [1.807, 2.05) is 39.0 Å². The van der Waals surface area contributed by atoms with Gasteiger partial charge in [-0.1, -0.05) is 45.0 Å². The zero-order valence-corrected chi connectivity index (χ0v) is 18.4. The Morgan fingerprint density at radius 3 is 2.36 bits per heavy atom. The van der Waals surface area contributed by atoms with E-state index in [-0.39, 0.29) is 11.3 Å². The van der Waals surface area contributed by atoms with E-state index < -0.39 is 11.6 Å². The third-order valence-electron chi connectivity index (χ3n) is 4.82. The fraction of sp³-hybridized carbons (Fsp3) is 0.167. The van der Waals surface area contributed by atoms with Gasteiger partial charge in [-0.15, -0.1) is 15.3 Å². The number of hydrogen-bond acceptors (Lipinski definition) is 6. The average molecular weight is 445 g/mol. The minimum absolute atomic E-state index is 0.123. The van der Waals surface area contributed by atoms with E-state index in [9.17, 15) is 8.78 Å². The van der Waals surface area contributed by atoms with Crippen molar-refractivity contribution in [1.29, 1.82) is 0 Å². The predicted molar refractivity (Wildman–Crippen MR) is 122 cm³/mol. The molecule has 0 amide bonds. The van der Waals surface area contributed by atoms with Crippen LogP contribution in [0.1, 0.15) is 26.6 Å². The van der Waals surface area contributed by atoms with Gasteiger partial charge >= 0.3 is 0 Å². The maximum Gasteiger partial charge on any atom is 0.252 e. The second-order valence-corrected chi connectivity index (χ2v) is 6.77. The van der Waals surface area contributed by atoms with Crippen LogP contribution < -0.4 is 0 Å². The van der Waals surface area contributed by atoms with E-state index in [2.05, 4.69) is 30.2 Å². The topological polar surface area (TPSA) is 82.3 Å². The summed E-state index contributed by atoms with van der Waals surface area (Å²) in [7, 11) is 0. The Balaban J connectivity index is 0.00000126. The Bertz CT molecular complexity index is 1400. The van der Waals surface area contributed by atoms with Gasteiger partial charge in [0.1, 0.15) is 23.5 Å². The molecular formula is C24H21F2N7. The smallest absolute Gasteiger partial charge is 0.220 e. The molecule has 0 aliphatic carbocycles. The van der Waals surface area contributed by atoms with Crippen molar-refractivity contribution < 1.29 is 8.78 Å². The van der Waals surface area contributed by atoms with Gasteiger partial charge in [0, 0.05) is 23.6 Å². The molecule has 0 unspecified atom stereocenters. The first-order chi connectivity index (χ1) is 16.1. The standard InChI is InChI=1S/C22H15F2N7.C2H6/c1-2-19-26-12-31(30-19)22-25-10-9-17(27-22)14-6-3-5-13-11-18(28-29-21(13)14)20-15(23)7-4-8-16(20)24;1-2/h3-12H,2H2,1H3;1-2H3. The summed E-state index contributed by atoms with van der Waals surface area (Å²) < 4.78 is 29.9. The molecule has 0 saturated carbocycles. The minimum atomic E-state index is -0.690. The molecule has 3 heterocycles. The van der Waals surface area contributed by atoms with Gasteiger partial charge in [-0.25, -0.2) is 23.7 Å². The Morgan fingerprint density at radius 2 is 1.64 bits per heavy atom. The molecule has 5 aromatic rings. The molecule has 0 radical (unpaired) electrons. The predicted octanol–water partition coefficient (Wildman–Crippen LogP) is 5.20. The lowest BCUT2D eigenvalue weighted by Gasteiger charge is -2.08. The first kappa shape index (κ1) is 22.1. The van der Waals surface area contributed by atoms with Crippen molar-refractivity contribution in [2.75, 3.05) is 0 Å². The summed E-state index contributed by atoms with van der Waals surface area (Å²) in [5.74, 6) is -0.313. The number of rotatable bonds is 4. The Labute approximate surface area is 189 Å². The van der Waals surface area contributed by atoms with Gasteiger partial charge in [0.05, 0.1) is 17.0 Å². The number of hydrogen-bond donors (Lipinski definition) is 0. The number of benzene rings is 2. The van der Waals surface area contributed by atoms with Crippen molar-refractivity contribution in [2.45, 2.75) is 27.2 Å². The van der Waals surface area contributed by atoms with Gasteiger partial charge in [0.2, 0.25) is 0 Å². The summed E-state index contributed by atoms with van der Waals surface area (Å²) in [6.07, 6.45) is 3.90. The quantitative estimate of drug-likeness (QED) is 0.378. The molecule has 3 aromatic heterocycles. The maximum atomic E-state index is 14.2. The van der Waals surface area contributed by atoms with Crippen molar-refractivity contribution >= 4 is 10.9 Å². The molecular weight excluding hydrogens is 424 g/mol. The van der Waals surface area contributed by atoms with Crippen LogP contribution in [-0.2, 0) is 6.42 Å². The van der Waals surface area contributed by atoms with Crippen LogP contribution in [0.25, 0.3) is 39.4 Å². The zero-order valence-electron chi connectivity index (χ0n) is 18.4. The summed E-state index contributed by atoms with van der Waals surface area (Å²) in [6.45, 7) is 5.97. The van der Waals surface area contributed by atoms with Crippen LogP contribution in [0, 0.1) is 11.6 Å². The molecule has 0 aliphatic rings. The van der Waals surface area contributed by atoms with Gasteiger partial charge < -0.3 is 0 Å². The highest BCUT2D eigenvalue weighted by atomic mass is 19.1. The molecule has 0 spiro atoms. The monoisotopic (exact) mass is 445 g/mol. The molecule has 33 heavy (non-hydrogen) atoms. The molecule has 7 nitrogen and oxygen atoms in total. The van der Waals surface area contributed by atoms with Crippen LogP contribution in [0.3, 0.4) is 0 Å². The Morgan fingerprint density at radius 1 is 0.879 bits per heavy atom. The number of halogens is 2. The van der Waals surface area contributed by atoms with Crippen LogP contribution >= 0.6 is 0 Å². The van der Waals surface area contributed by atoms with Gasteiger partial charge in [-0.3, -0.25) is 0 Å². The highest BCUT2D eigenvalue weighted by Crippen LogP contribution is 2.30. The summed E-state index contributed by atoms with van der Waals surface area (Å²) in [5.41, 5.74) is 1.80. The molecule has 0 aliphatic heterocycles. The maximum absolute atomic E-state index is 14.2. The first-order valence-electron chi connectivity index (χ1n) is 10.6. The third-order valence-corrected chi connectivity index (χ3v) is 4.82. The van der Waals surface area contributed by atoms with E-state index >= 15 is 0 Å². The van der Waals surface area contributed by atoms with Crippen LogP contribution in [0.5, 0.6) is 0 Å². The van der Waals surface area contributed by atoms with E-state index in [4.69, 9.17) is 0 Å². The molecule has 166 valence electrons. The van der Waals surface area contributed by atoms with Crippen molar-refractivity contribution in [3.8, 4) is 28.5 Å². The van der Waals surface area contributed by atoms with Crippen molar-refractivity contribution in [1.82, 2.24) is 34.9 Å². The largest absolute Gasteiger partial charge is 0.252 e. The molecule has 0 atom stereocenters. The Hall–Kier alpha value is -4.14. The van der Waals surface area contributed by atoms with Crippen LogP contribution in [0.2, 0.25) is 0 Å². The van der Waals surface area contributed by atoms with Crippen molar-refractivity contribution in [3.05, 3.63) is 78.5 Å². The lowest BCUT2D eigenvalue weighted by Crippen LogP contribution is -2.03. The zero-order chi connectivity index (χ0) is 23.4. The highest BCUT2D eigenvalue weighted by molar-refractivity contribution is 5.93. The van der Waals surface area contributed by atoms with E-state index in [1.54, 1.807) is 24.7 Å². The number of aryl methyl sites for hydroxylation is 1. The Kier molecular flexibility index (Phi) is 6.39. The lowest BCUT2D eigenvalue weighted by molar-refractivity contribution is 0.588. The fourth-order valence-corrected chi connectivity index (χ4v) is 3.31. The number of fused-ring (bicyclic) bond motifs is 1. The summed E-state index contributed by atoms with van der Waals surface area (Å²) in [5, 5.41) is 13.4. The summed E-state index contributed by atoms with van der Waals surface area (Å²) in [6, 6.07) is 12.5. The molecule has 2 aromatic carbocycles. The second kappa shape index (κ2) is 9.56. The average Bonchev–Trinajstić information content (AvgIpc) is 3.34. The first-order valence-corrected chi connectivity index (χ1v) is 10.6. The van der Waals surface area contributed by atoms with Crippen LogP contribution in [0.4, 0.5) is 8.78 Å². The summed E-state index contributed by atoms with van der Waals surface area (Å²) >= 11 is 0. The molecule has 0 N–H and O–H groups in total. The van der Waals surface area contributed by atoms with Crippen molar-refractivity contribution in [2.24, 2.45) is 0 Å². The van der Waals surface area contributed by atoms with Gasteiger partial charge in [-0.2, -0.15) is 4.68 Å². The van der Waals surface area contributed by atoms with Gasteiger partial charge in [0.15, 0.2) is 5.82 Å². The number of nitrogens with zero attached hydrogens (tertiary/aromatic N) is 7. The summed E-state index contributed by atoms with van der Waals surface area (Å²) in [4.78, 5) is 13.1. The third kappa shape index (κ3) is 4.30. The van der Waals surface area contributed by atoms with E-state index in [0.717, 1.165) is 0 Å². The second-order valence-electron chi connectivity index (χ2n) is 6.77. The number of aromatic nitrogens is 7. The fourth-order valence-electron chi connectivity index (χ4n) is 3.31. The molecule has 0 bridgehead atoms. The SMILES string of the molecule is CC.CCc1ncn(-c2nccc(-c3cccc4cc(-c5c(F)cccc5F)nnc34)n2)n1. The van der Waals surface area contributed by atoms with Crippen LogP contribution in [-0.4, -0.2) is 34.9 Å². The normalized spacial score (nSPS) is 10.7. The van der Waals surface area contributed by atoms with Crippen molar-refractivity contribution in [3.63, 3.8) is 0 Å². The highest BCUT2D eigenvalue weighted by Gasteiger charge is 2.15. The molecule has 0 fully saturated rings. The van der Waals surface area contributed by atoms with Gasteiger partial charge in [-0.05, 0) is 24.3 Å². The minimum Gasteiger partial charge on any atom is -0.220 e. The van der Waals surface area contributed by atoms with Gasteiger partial charge in [0.25, 0.3) is 5.95 Å². The van der Waals surface area contributed by atoms with E-state index in [0.29, 0.717) is 40.4 Å². The van der Waals surface area contributed by atoms with Crippen LogP contribution in [0.15, 0.2) is 61.1 Å². The molecule has 9 heteroatoms. The molecule has 0 saturated heterocycles. The van der Waals surface area contributed by atoms with E-state index in [1.165, 1.54) is 22.9 Å².